The maximum atomic E-state index is 12.6. The van der Waals surface area contributed by atoms with Crippen LogP contribution in [0.25, 0.3) is 0 Å². The van der Waals surface area contributed by atoms with E-state index in [0.29, 0.717) is 24.2 Å². The third-order valence-corrected chi connectivity index (χ3v) is 4.15. The molecular weight excluding hydrogens is 270 g/mol. The lowest BCUT2D eigenvalue weighted by Crippen LogP contribution is -2.47. The van der Waals surface area contributed by atoms with E-state index in [4.69, 9.17) is 9.84 Å². The fourth-order valence-corrected chi connectivity index (χ4v) is 2.71. The zero-order valence-electron chi connectivity index (χ0n) is 12.6. The number of hydrogen-bond acceptors (Lipinski definition) is 3. The van der Waals surface area contributed by atoms with Crippen molar-refractivity contribution in [2.45, 2.75) is 32.7 Å². The Bertz CT molecular complexity index is 555. The summed E-state index contributed by atoms with van der Waals surface area (Å²) in [6, 6.07) is 5.38. The molecule has 5 nitrogen and oxygen atoms in total. The van der Waals surface area contributed by atoms with Crippen LogP contribution in [0.3, 0.4) is 0 Å². The Morgan fingerprint density at radius 3 is 2.67 bits per heavy atom. The number of carboxylic acids is 1. The standard InChI is InChI=1S/C16H21NO4/c1-10-4-6-12(8-14(10)21-3)15(18)17-9-13(16(19)20)7-5-11(17)2/h4,6,8,11,13H,5,7,9H2,1-3H3,(H,19,20). The van der Waals surface area contributed by atoms with Crippen molar-refractivity contribution in [2.24, 2.45) is 5.92 Å². The van der Waals surface area contributed by atoms with Crippen molar-refractivity contribution in [3.8, 4) is 5.75 Å². The number of likely N-dealkylation sites (tertiary alicyclic amines) is 1. The van der Waals surface area contributed by atoms with Gasteiger partial charge in [0.2, 0.25) is 0 Å². The van der Waals surface area contributed by atoms with Crippen molar-refractivity contribution in [3.05, 3.63) is 29.3 Å². The highest BCUT2D eigenvalue weighted by atomic mass is 16.5. The first kappa shape index (κ1) is 15.4. The monoisotopic (exact) mass is 291 g/mol. The van der Waals surface area contributed by atoms with E-state index in [1.807, 2.05) is 19.9 Å². The molecule has 21 heavy (non-hydrogen) atoms. The second-order valence-electron chi connectivity index (χ2n) is 5.60. The van der Waals surface area contributed by atoms with Gasteiger partial charge in [-0.3, -0.25) is 9.59 Å². The number of carboxylic acid groups (broad SMARTS) is 1. The van der Waals surface area contributed by atoms with Crippen molar-refractivity contribution < 1.29 is 19.4 Å². The Kier molecular flexibility index (Phi) is 4.50. The maximum absolute atomic E-state index is 12.6. The van der Waals surface area contributed by atoms with Gasteiger partial charge in [0.05, 0.1) is 13.0 Å². The molecule has 1 heterocycles. The Hall–Kier alpha value is -2.04. The zero-order valence-corrected chi connectivity index (χ0v) is 12.6. The highest BCUT2D eigenvalue weighted by Crippen LogP contribution is 2.26. The highest BCUT2D eigenvalue weighted by Gasteiger charge is 2.33. The molecule has 0 aromatic heterocycles. The number of hydrogen-bond donors (Lipinski definition) is 1. The topological polar surface area (TPSA) is 66.8 Å². The molecule has 1 aromatic rings. The molecule has 1 N–H and O–H groups in total. The molecule has 1 aromatic carbocycles. The van der Waals surface area contributed by atoms with Crippen LogP contribution in [0.4, 0.5) is 0 Å². The number of rotatable bonds is 3. The molecule has 0 saturated carbocycles. The summed E-state index contributed by atoms with van der Waals surface area (Å²) in [5, 5.41) is 9.16. The molecule has 2 rings (SSSR count). The second kappa shape index (κ2) is 6.16. The average Bonchev–Trinajstić information content (AvgIpc) is 2.47. The van der Waals surface area contributed by atoms with Gasteiger partial charge in [0, 0.05) is 18.2 Å². The quantitative estimate of drug-likeness (QED) is 0.928. The minimum Gasteiger partial charge on any atom is -0.496 e. The number of nitrogens with zero attached hydrogens (tertiary/aromatic N) is 1. The zero-order chi connectivity index (χ0) is 15.6. The van der Waals surface area contributed by atoms with E-state index >= 15 is 0 Å². The molecule has 1 aliphatic rings. The molecule has 1 aliphatic heterocycles. The predicted octanol–water partition coefficient (Wildman–Crippen LogP) is 2.33. The normalized spacial score (nSPS) is 22.0. The number of ether oxygens (including phenoxy) is 1. The smallest absolute Gasteiger partial charge is 0.308 e. The molecule has 2 unspecified atom stereocenters. The summed E-state index contributed by atoms with van der Waals surface area (Å²) in [4.78, 5) is 25.4. The maximum Gasteiger partial charge on any atom is 0.308 e. The van der Waals surface area contributed by atoms with Gasteiger partial charge in [-0.25, -0.2) is 0 Å². The van der Waals surface area contributed by atoms with Crippen LogP contribution in [0.15, 0.2) is 18.2 Å². The Morgan fingerprint density at radius 2 is 2.05 bits per heavy atom. The number of carbonyl (C=O) groups excluding carboxylic acids is 1. The number of benzene rings is 1. The number of aliphatic carboxylic acids is 1. The molecule has 2 atom stereocenters. The van der Waals surface area contributed by atoms with Crippen molar-refractivity contribution in [2.75, 3.05) is 13.7 Å². The van der Waals surface area contributed by atoms with Crippen molar-refractivity contribution in [3.63, 3.8) is 0 Å². The predicted molar refractivity (Wildman–Crippen MR) is 78.6 cm³/mol. The number of piperidine rings is 1. The lowest BCUT2D eigenvalue weighted by atomic mass is 9.93. The molecule has 0 radical (unpaired) electrons. The van der Waals surface area contributed by atoms with Gasteiger partial charge in [-0.15, -0.1) is 0 Å². The summed E-state index contributed by atoms with van der Waals surface area (Å²) in [5.74, 6) is -0.772. The number of amides is 1. The third kappa shape index (κ3) is 3.17. The fourth-order valence-electron chi connectivity index (χ4n) is 2.71. The van der Waals surface area contributed by atoms with E-state index in [2.05, 4.69) is 0 Å². The molecule has 0 spiro atoms. The van der Waals surface area contributed by atoms with Crippen LogP contribution in [-0.2, 0) is 4.79 Å². The summed E-state index contributed by atoms with van der Waals surface area (Å²) in [6.45, 7) is 4.14. The number of carbonyl (C=O) groups is 2. The van der Waals surface area contributed by atoms with E-state index in [-0.39, 0.29) is 18.5 Å². The molecule has 1 fully saturated rings. The van der Waals surface area contributed by atoms with E-state index < -0.39 is 11.9 Å². The largest absolute Gasteiger partial charge is 0.496 e. The van der Waals surface area contributed by atoms with Crippen molar-refractivity contribution in [1.29, 1.82) is 0 Å². The first-order valence-corrected chi connectivity index (χ1v) is 7.12. The molecule has 0 bridgehead atoms. The van der Waals surface area contributed by atoms with Gasteiger partial charge in [-0.2, -0.15) is 0 Å². The van der Waals surface area contributed by atoms with Crippen LogP contribution in [0.5, 0.6) is 5.75 Å². The van der Waals surface area contributed by atoms with Crippen molar-refractivity contribution in [1.82, 2.24) is 4.90 Å². The second-order valence-corrected chi connectivity index (χ2v) is 5.60. The molecule has 114 valence electrons. The van der Waals surface area contributed by atoms with Gasteiger partial charge < -0.3 is 14.7 Å². The van der Waals surface area contributed by atoms with Crippen LogP contribution in [0, 0.1) is 12.8 Å². The van der Waals surface area contributed by atoms with Gasteiger partial charge in [0.15, 0.2) is 0 Å². The van der Waals surface area contributed by atoms with Crippen LogP contribution in [0.2, 0.25) is 0 Å². The first-order valence-electron chi connectivity index (χ1n) is 7.12. The minimum atomic E-state index is -0.832. The fraction of sp³-hybridized carbons (Fsp3) is 0.500. The third-order valence-electron chi connectivity index (χ3n) is 4.15. The molecule has 0 aliphatic carbocycles. The van der Waals surface area contributed by atoms with Crippen LogP contribution in [0.1, 0.15) is 35.7 Å². The summed E-state index contributed by atoms with van der Waals surface area (Å²) >= 11 is 0. The SMILES string of the molecule is COc1cc(C(=O)N2CC(C(=O)O)CCC2C)ccc1C. The van der Waals surface area contributed by atoms with E-state index in [9.17, 15) is 9.59 Å². The van der Waals surface area contributed by atoms with E-state index in [1.165, 1.54) is 0 Å². The Balaban J connectivity index is 2.23. The average molecular weight is 291 g/mol. The van der Waals surface area contributed by atoms with E-state index in [0.717, 1.165) is 5.56 Å². The Morgan fingerprint density at radius 1 is 1.33 bits per heavy atom. The summed E-state index contributed by atoms with van der Waals surface area (Å²) in [7, 11) is 1.57. The molecule has 1 amide bonds. The summed E-state index contributed by atoms with van der Waals surface area (Å²) in [5.41, 5.74) is 1.50. The summed E-state index contributed by atoms with van der Waals surface area (Å²) < 4.78 is 5.24. The van der Waals surface area contributed by atoms with Crippen LogP contribution < -0.4 is 4.74 Å². The molecular formula is C16H21NO4. The first-order chi connectivity index (χ1) is 9.93. The molecule has 5 heteroatoms. The summed E-state index contributed by atoms with van der Waals surface area (Å²) in [6.07, 6.45) is 1.34. The van der Waals surface area contributed by atoms with Crippen LogP contribution in [-0.4, -0.2) is 41.6 Å². The number of methoxy groups -OCH3 is 1. The van der Waals surface area contributed by atoms with Crippen LogP contribution >= 0.6 is 0 Å². The van der Waals surface area contributed by atoms with Gasteiger partial charge in [-0.05, 0) is 44.4 Å². The lowest BCUT2D eigenvalue weighted by molar-refractivity contribution is -0.143. The van der Waals surface area contributed by atoms with Gasteiger partial charge in [-0.1, -0.05) is 6.07 Å². The number of aryl methyl sites for hydroxylation is 1. The lowest BCUT2D eigenvalue weighted by Gasteiger charge is -2.36. The highest BCUT2D eigenvalue weighted by molar-refractivity contribution is 5.95. The van der Waals surface area contributed by atoms with Gasteiger partial charge in [0.1, 0.15) is 5.75 Å². The van der Waals surface area contributed by atoms with E-state index in [1.54, 1.807) is 24.1 Å². The van der Waals surface area contributed by atoms with Gasteiger partial charge >= 0.3 is 5.97 Å². The molecule has 1 saturated heterocycles. The van der Waals surface area contributed by atoms with Crippen molar-refractivity contribution >= 4 is 11.9 Å². The Labute approximate surface area is 124 Å². The minimum absolute atomic E-state index is 0.0559. The van der Waals surface area contributed by atoms with Gasteiger partial charge in [0.25, 0.3) is 5.91 Å².